The first kappa shape index (κ1) is 15.3. The third kappa shape index (κ3) is 2.60. The van der Waals surface area contributed by atoms with E-state index in [-0.39, 0.29) is 11.9 Å². The summed E-state index contributed by atoms with van der Waals surface area (Å²) in [6.45, 7) is 3.60. The van der Waals surface area contributed by atoms with Crippen molar-refractivity contribution in [3.63, 3.8) is 0 Å². The van der Waals surface area contributed by atoms with E-state index in [1.807, 2.05) is 12.1 Å². The Balaban J connectivity index is 1.89. The lowest BCUT2D eigenvalue weighted by Crippen LogP contribution is -2.50. The smallest absolute Gasteiger partial charge is 0.270 e. The summed E-state index contributed by atoms with van der Waals surface area (Å²) in [6.07, 6.45) is 6.29. The highest BCUT2D eigenvalue weighted by Crippen LogP contribution is 2.40. The number of nitrogens with zero attached hydrogens (tertiary/aromatic N) is 1. The Labute approximate surface area is 132 Å². The summed E-state index contributed by atoms with van der Waals surface area (Å²) in [6, 6.07) is 6.08. The molecule has 0 bridgehead atoms. The Hall–Kier alpha value is -1.55. The van der Waals surface area contributed by atoms with Crippen molar-refractivity contribution < 1.29 is 9.53 Å². The maximum absolute atomic E-state index is 12.4. The number of benzene rings is 1. The highest BCUT2D eigenvalue weighted by Gasteiger charge is 2.39. The van der Waals surface area contributed by atoms with Gasteiger partial charge in [-0.2, -0.15) is 0 Å². The van der Waals surface area contributed by atoms with Crippen LogP contribution >= 0.6 is 0 Å². The fourth-order valence-corrected chi connectivity index (χ4v) is 3.69. The number of amides is 1. The molecule has 3 rings (SSSR count). The number of hydrogen-bond donors (Lipinski definition) is 1. The molecule has 1 saturated carbocycles. The molecule has 0 radical (unpaired) electrons. The van der Waals surface area contributed by atoms with E-state index in [0.717, 1.165) is 17.0 Å². The summed E-state index contributed by atoms with van der Waals surface area (Å²) in [5, 5.41) is 0. The van der Waals surface area contributed by atoms with Gasteiger partial charge in [-0.15, -0.1) is 0 Å². The van der Waals surface area contributed by atoms with E-state index in [9.17, 15) is 4.79 Å². The van der Waals surface area contributed by atoms with E-state index in [4.69, 9.17) is 10.5 Å². The zero-order valence-corrected chi connectivity index (χ0v) is 13.8. The lowest BCUT2D eigenvalue weighted by molar-refractivity contribution is -0.132. The molecule has 120 valence electrons. The number of carbonyl (C=O) groups excluding carboxylic acids is 1. The molecule has 1 atom stereocenters. The van der Waals surface area contributed by atoms with Gasteiger partial charge in [0.2, 0.25) is 0 Å². The van der Waals surface area contributed by atoms with Crippen molar-refractivity contribution in [1.82, 2.24) is 0 Å². The quantitative estimate of drug-likeness (QED) is 0.911. The van der Waals surface area contributed by atoms with Gasteiger partial charge >= 0.3 is 0 Å². The van der Waals surface area contributed by atoms with Crippen LogP contribution in [0.2, 0.25) is 0 Å². The summed E-state index contributed by atoms with van der Waals surface area (Å²) in [4.78, 5) is 14.1. The maximum atomic E-state index is 12.4. The number of ether oxygens (including phenoxy) is 1. The molecule has 1 aliphatic heterocycles. The summed E-state index contributed by atoms with van der Waals surface area (Å²) >= 11 is 0. The van der Waals surface area contributed by atoms with Gasteiger partial charge in [0, 0.05) is 13.1 Å². The van der Waals surface area contributed by atoms with Gasteiger partial charge in [-0.3, -0.25) is 4.79 Å². The number of nitrogens with two attached hydrogens (primary N) is 1. The van der Waals surface area contributed by atoms with Crippen molar-refractivity contribution in [2.75, 3.05) is 11.9 Å². The summed E-state index contributed by atoms with van der Waals surface area (Å²) in [5.74, 6) is 1.28. The van der Waals surface area contributed by atoms with Crippen molar-refractivity contribution in [3.8, 4) is 5.75 Å². The molecule has 1 aromatic carbocycles. The van der Waals surface area contributed by atoms with Crippen molar-refractivity contribution in [2.24, 2.45) is 11.7 Å². The van der Waals surface area contributed by atoms with Gasteiger partial charge in [0.1, 0.15) is 5.75 Å². The monoisotopic (exact) mass is 302 g/mol. The van der Waals surface area contributed by atoms with Gasteiger partial charge in [0.15, 0.2) is 5.60 Å². The van der Waals surface area contributed by atoms with E-state index >= 15 is 0 Å². The number of hydrogen-bond acceptors (Lipinski definition) is 3. The van der Waals surface area contributed by atoms with Gasteiger partial charge in [-0.25, -0.2) is 0 Å². The molecule has 22 heavy (non-hydrogen) atoms. The number of fused-ring (bicyclic) bond motifs is 1. The van der Waals surface area contributed by atoms with Crippen molar-refractivity contribution in [3.05, 3.63) is 23.8 Å². The van der Waals surface area contributed by atoms with Gasteiger partial charge in [-0.1, -0.05) is 25.3 Å². The number of carbonyl (C=O) groups is 1. The minimum absolute atomic E-state index is 0.0246. The van der Waals surface area contributed by atoms with Crippen LogP contribution < -0.4 is 15.4 Å². The zero-order chi connectivity index (χ0) is 15.9. The van der Waals surface area contributed by atoms with Gasteiger partial charge in [-0.05, 0) is 50.3 Å². The third-order valence-corrected chi connectivity index (χ3v) is 5.07. The second-order valence-corrected chi connectivity index (χ2v) is 7.13. The number of anilines is 1. The van der Waals surface area contributed by atoms with E-state index < -0.39 is 5.60 Å². The predicted molar refractivity (Wildman–Crippen MR) is 88.1 cm³/mol. The molecule has 4 nitrogen and oxygen atoms in total. The van der Waals surface area contributed by atoms with Crippen LogP contribution in [0.3, 0.4) is 0 Å². The molecule has 1 heterocycles. The standard InChI is InChI=1S/C18H26N2O2/c1-18(2)17(21)20(3)14-11-13(9-10-15(14)22-18)16(19)12-7-5-4-6-8-12/h9-12,16H,4-8,19H2,1-3H3. The minimum Gasteiger partial charge on any atom is -0.476 e. The Morgan fingerprint density at radius 1 is 1.27 bits per heavy atom. The normalized spacial score (nSPS) is 22.9. The van der Waals surface area contributed by atoms with Crippen LogP contribution in [-0.2, 0) is 4.79 Å². The highest BCUT2D eigenvalue weighted by atomic mass is 16.5. The zero-order valence-electron chi connectivity index (χ0n) is 13.8. The van der Waals surface area contributed by atoms with Crippen LogP contribution in [0, 0.1) is 5.92 Å². The molecular formula is C18H26N2O2. The molecule has 1 fully saturated rings. The first-order valence-corrected chi connectivity index (χ1v) is 8.27. The van der Waals surface area contributed by atoms with Crippen LogP contribution in [0.15, 0.2) is 18.2 Å². The van der Waals surface area contributed by atoms with Crippen molar-refractivity contribution >= 4 is 11.6 Å². The Morgan fingerprint density at radius 3 is 2.64 bits per heavy atom. The molecule has 0 saturated heterocycles. The Bertz CT molecular complexity index is 576. The summed E-state index contributed by atoms with van der Waals surface area (Å²) in [7, 11) is 1.81. The van der Waals surface area contributed by atoms with Crippen LogP contribution in [0.4, 0.5) is 5.69 Å². The molecule has 0 aromatic heterocycles. The SMILES string of the molecule is CN1C(=O)C(C)(C)Oc2ccc(C(N)C3CCCCC3)cc21. The van der Waals surface area contributed by atoms with Crippen LogP contribution in [-0.4, -0.2) is 18.6 Å². The highest BCUT2D eigenvalue weighted by molar-refractivity contribution is 6.01. The van der Waals surface area contributed by atoms with Gasteiger partial charge in [0.05, 0.1) is 5.69 Å². The van der Waals surface area contributed by atoms with Gasteiger partial charge < -0.3 is 15.4 Å². The first-order chi connectivity index (χ1) is 10.4. The van der Waals surface area contributed by atoms with Crippen LogP contribution in [0.25, 0.3) is 0 Å². The third-order valence-electron chi connectivity index (χ3n) is 5.07. The molecule has 1 aromatic rings. The van der Waals surface area contributed by atoms with E-state index in [0.29, 0.717) is 5.92 Å². The second kappa shape index (κ2) is 5.58. The summed E-state index contributed by atoms with van der Waals surface area (Å²) < 4.78 is 5.85. The fourth-order valence-electron chi connectivity index (χ4n) is 3.69. The maximum Gasteiger partial charge on any atom is 0.270 e. The van der Waals surface area contributed by atoms with E-state index in [2.05, 4.69) is 6.07 Å². The second-order valence-electron chi connectivity index (χ2n) is 7.13. The van der Waals surface area contributed by atoms with Gasteiger partial charge in [0.25, 0.3) is 5.91 Å². The van der Waals surface area contributed by atoms with Crippen LogP contribution in [0.1, 0.15) is 57.6 Å². The summed E-state index contributed by atoms with van der Waals surface area (Å²) in [5.41, 5.74) is 7.61. The average molecular weight is 302 g/mol. The Morgan fingerprint density at radius 2 is 1.95 bits per heavy atom. The van der Waals surface area contributed by atoms with Crippen molar-refractivity contribution in [2.45, 2.75) is 57.6 Å². The Kier molecular flexibility index (Phi) is 3.89. The molecular weight excluding hydrogens is 276 g/mol. The minimum atomic E-state index is -0.811. The first-order valence-electron chi connectivity index (χ1n) is 8.27. The fraction of sp³-hybridized carbons (Fsp3) is 0.611. The molecule has 1 aliphatic carbocycles. The lowest BCUT2D eigenvalue weighted by Gasteiger charge is -2.37. The molecule has 2 N–H and O–H groups in total. The average Bonchev–Trinajstić information content (AvgIpc) is 2.52. The number of likely N-dealkylation sites (N-methyl/N-ethyl adjacent to an activating group) is 1. The van der Waals surface area contributed by atoms with Crippen LogP contribution in [0.5, 0.6) is 5.75 Å². The van der Waals surface area contributed by atoms with Crippen molar-refractivity contribution in [1.29, 1.82) is 0 Å². The van der Waals surface area contributed by atoms with E-state index in [1.165, 1.54) is 32.1 Å². The lowest BCUT2D eigenvalue weighted by atomic mass is 9.81. The molecule has 4 heteroatoms. The molecule has 1 unspecified atom stereocenters. The topological polar surface area (TPSA) is 55.6 Å². The van der Waals surface area contributed by atoms with E-state index in [1.54, 1.807) is 25.8 Å². The molecule has 0 spiro atoms. The molecule has 2 aliphatic rings. The number of rotatable bonds is 2. The predicted octanol–water partition coefficient (Wildman–Crippen LogP) is 3.40. The molecule has 1 amide bonds. The largest absolute Gasteiger partial charge is 0.476 e.